The fraction of sp³-hybridized carbons (Fsp3) is 0.294. The van der Waals surface area contributed by atoms with Gasteiger partial charge >= 0.3 is 5.69 Å². The molecule has 0 fully saturated rings. The van der Waals surface area contributed by atoms with E-state index in [0.717, 1.165) is 14.6 Å². The Morgan fingerprint density at radius 2 is 2.00 bits per heavy atom. The van der Waals surface area contributed by atoms with Crippen LogP contribution in [0, 0.1) is 0 Å². The highest BCUT2D eigenvalue weighted by atomic mass is 79.9. The predicted octanol–water partition coefficient (Wildman–Crippen LogP) is 1.63. The molecule has 1 atom stereocenters. The first kappa shape index (κ1) is 18.1. The van der Waals surface area contributed by atoms with E-state index in [4.69, 9.17) is 0 Å². The lowest BCUT2D eigenvalue weighted by molar-refractivity contribution is -0.132. The number of hydrogen-bond donors (Lipinski definition) is 2. The summed E-state index contributed by atoms with van der Waals surface area (Å²) in [6.07, 6.45) is 0.502. The summed E-state index contributed by atoms with van der Waals surface area (Å²) >= 11 is 3.37. The molecule has 0 bridgehead atoms. The molecule has 9 heteroatoms. The number of carbonyl (C=O) groups excluding carboxylic acids is 1. The molecule has 0 radical (unpaired) electrons. The molecular formula is C17H17BrN4O4. The van der Waals surface area contributed by atoms with Crippen molar-refractivity contribution < 1.29 is 9.90 Å². The number of rotatable bonds is 3. The topological polar surface area (TPSA) is 108 Å². The lowest BCUT2D eigenvalue weighted by Crippen LogP contribution is -2.32. The maximum Gasteiger partial charge on any atom is 0.330 e. The normalized spacial score (nSPS) is 16.7. The summed E-state index contributed by atoms with van der Waals surface area (Å²) in [6.45, 7) is 1.73. The molecule has 1 aromatic carbocycles. The lowest BCUT2D eigenvalue weighted by atomic mass is 9.99. The van der Waals surface area contributed by atoms with E-state index in [1.165, 1.54) is 12.1 Å². The summed E-state index contributed by atoms with van der Waals surface area (Å²) in [5.41, 5.74) is -0.435. The van der Waals surface area contributed by atoms with Crippen molar-refractivity contribution in [1.29, 1.82) is 0 Å². The van der Waals surface area contributed by atoms with E-state index in [9.17, 15) is 19.5 Å². The van der Waals surface area contributed by atoms with Gasteiger partial charge in [0.05, 0.1) is 11.8 Å². The van der Waals surface area contributed by atoms with Gasteiger partial charge < -0.3 is 5.11 Å². The maximum atomic E-state index is 12.3. The van der Waals surface area contributed by atoms with E-state index < -0.39 is 17.1 Å². The van der Waals surface area contributed by atoms with Crippen LogP contribution in [0.25, 0.3) is 0 Å². The number of hydrazone groups is 1. The van der Waals surface area contributed by atoms with Crippen LogP contribution in [-0.4, -0.2) is 31.3 Å². The monoisotopic (exact) mass is 420 g/mol. The average molecular weight is 421 g/mol. The number of halogens is 1. The van der Waals surface area contributed by atoms with Gasteiger partial charge in [0.15, 0.2) is 0 Å². The minimum Gasteiger partial charge on any atom is -0.494 e. The number of aromatic amines is 1. The Kier molecular flexibility index (Phi) is 4.82. The van der Waals surface area contributed by atoms with Crippen molar-refractivity contribution in [2.24, 2.45) is 12.1 Å². The maximum absolute atomic E-state index is 12.3. The molecule has 136 valence electrons. The van der Waals surface area contributed by atoms with Crippen molar-refractivity contribution in [1.82, 2.24) is 14.6 Å². The van der Waals surface area contributed by atoms with Gasteiger partial charge in [0, 0.05) is 24.4 Å². The third kappa shape index (κ3) is 3.10. The van der Waals surface area contributed by atoms with Crippen molar-refractivity contribution in [3.8, 4) is 5.88 Å². The molecular weight excluding hydrogens is 404 g/mol. The van der Waals surface area contributed by atoms with Crippen LogP contribution in [0.4, 0.5) is 0 Å². The van der Waals surface area contributed by atoms with E-state index in [1.54, 1.807) is 6.92 Å². The van der Waals surface area contributed by atoms with Crippen LogP contribution in [-0.2, 0) is 11.8 Å². The third-order valence-corrected chi connectivity index (χ3v) is 4.83. The third-order valence-electron chi connectivity index (χ3n) is 4.31. The summed E-state index contributed by atoms with van der Waals surface area (Å²) in [5, 5.41) is 15.9. The zero-order valence-corrected chi connectivity index (χ0v) is 15.8. The molecule has 0 spiro atoms. The first-order chi connectivity index (χ1) is 12.3. The second kappa shape index (κ2) is 6.91. The first-order valence-corrected chi connectivity index (χ1v) is 8.80. The van der Waals surface area contributed by atoms with Crippen LogP contribution >= 0.6 is 15.9 Å². The molecule has 2 aromatic rings. The summed E-state index contributed by atoms with van der Waals surface area (Å²) in [4.78, 5) is 38.3. The number of aromatic nitrogens is 2. The molecule has 8 nitrogen and oxygen atoms in total. The van der Waals surface area contributed by atoms with Gasteiger partial charge in [-0.05, 0) is 17.7 Å². The standard InChI is InChI=1S/C17H17BrN4O4/c1-3-13(23)22-12(9-4-6-10(18)7-5-9)8-11(20-22)14-15(24)19-17(26)21(2)16(14)25/h4-7,12,25H,3,8H2,1-2H3,(H,19,24,26). The van der Waals surface area contributed by atoms with Crippen LogP contribution < -0.4 is 11.2 Å². The summed E-state index contributed by atoms with van der Waals surface area (Å²) in [6, 6.07) is 7.07. The van der Waals surface area contributed by atoms with Crippen LogP contribution in [0.1, 0.15) is 36.9 Å². The summed E-state index contributed by atoms with van der Waals surface area (Å²) in [5.74, 6) is -0.675. The largest absolute Gasteiger partial charge is 0.494 e. The van der Waals surface area contributed by atoms with Gasteiger partial charge in [0.1, 0.15) is 5.56 Å². The van der Waals surface area contributed by atoms with Crippen LogP contribution in [0.2, 0.25) is 0 Å². The van der Waals surface area contributed by atoms with Gasteiger partial charge in [-0.2, -0.15) is 5.10 Å². The van der Waals surface area contributed by atoms with E-state index in [1.807, 2.05) is 24.3 Å². The zero-order chi connectivity index (χ0) is 19.0. The summed E-state index contributed by atoms with van der Waals surface area (Å²) in [7, 11) is 1.34. The van der Waals surface area contributed by atoms with Crippen molar-refractivity contribution in [2.45, 2.75) is 25.8 Å². The summed E-state index contributed by atoms with van der Waals surface area (Å²) < 4.78 is 1.83. The molecule has 1 amide bonds. The highest BCUT2D eigenvalue weighted by Crippen LogP contribution is 2.34. The molecule has 2 heterocycles. The highest BCUT2D eigenvalue weighted by Gasteiger charge is 2.34. The number of nitrogens with zero attached hydrogens (tertiary/aromatic N) is 3. The van der Waals surface area contributed by atoms with Gasteiger partial charge in [-0.25, -0.2) is 9.80 Å². The van der Waals surface area contributed by atoms with E-state index in [-0.39, 0.29) is 36.1 Å². The van der Waals surface area contributed by atoms with E-state index >= 15 is 0 Å². The van der Waals surface area contributed by atoms with E-state index in [0.29, 0.717) is 0 Å². The van der Waals surface area contributed by atoms with Gasteiger partial charge in [-0.1, -0.05) is 35.0 Å². The molecule has 0 saturated carbocycles. The van der Waals surface area contributed by atoms with Crippen molar-refractivity contribution in [2.75, 3.05) is 0 Å². The van der Waals surface area contributed by atoms with Gasteiger partial charge in [0.25, 0.3) is 5.56 Å². The lowest BCUT2D eigenvalue weighted by Gasteiger charge is -2.21. The number of amides is 1. The molecule has 0 aliphatic carbocycles. The van der Waals surface area contributed by atoms with Crippen molar-refractivity contribution in [3.05, 3.63) is 60.7 Å². The number of nitrogens with one attached hydrogen (secondary N) is 1. The SMILES string of the molecule is CCC(=O)N1N=C(c2c(O)n(C)c(=O)[nH]c2=O)CC1c1ccc(Br)cc1. The minimum absolute atomic E-state index is 0.0967. The van der Waals surface area contributed by atoms with E-state index in [2.05, 4.69) is 26.0 Å². The Morgan fingerprint density at radius 1 is 1.35 bits per heavy atom. The van der Waals surface area contributed by atoms with Crippen LogP contribution in [0.3, 0.4) is 0 Å². The molecule has 0 saturated heterocycles. The second-order valence-electron chi connectivity index (χ2n) is 5.93. The quantitative estimate of drug-likeness (QED) is 0.786. The molecule has 1 aliphatic heterocycles. The molecule has 26 heavy (non-hydrogen) atoms. The van der Waals surface area contributed by atoms with Crippen molar-refractivity contribution in [3.63, 3.8) is 0 Å². The molecule has 2 N–H and O–H groups in total. The Balaban J connectivity index is 2.09. The molecule has 1 aromatic heterocycles. The number of H-pyrrole nitrogens is 1. The Labute approximate surface area is 156 Å². The predicted molar refractivity (Wildman–Crippen MR) is 99.1 cm³/mol. The number of carbonyl (C=O) groups is 1. The van der Waals surface area contributed by atoms with Crippen LogP contribution in [0.5, 0.6) is 5.88 Å². The fourth-order valence-electron chi connectivity index (χ4n) is 2.87. The Hall–Kier alpha value is -2.68. The zero-order valence-electron chi connectivity index (χ0n) is 14.2. The molecule has 3 rings (SSSR count). The smallest absolute Gasteiger partial charge is 0.330 e. The van der Waals surface area contributed by atoms with Gasteiger partial charge in [0.2, 0.25) is 11.8 Å². The fourth-order valence-corrected chi connectivity index (χ4v) is 3.13. The number of hydrogen-bond acceptors (Lipinski definition) is 5. The molecule has 1 unspecified atom stereocenters. The van der Waals surface area contributed by atoms with Crippen LogP contribution in [0.15, 0.2) is 43.4 Å². The second-order valence-corrected chi connectivity index (χ2v) is 6.84. The minimum atomic E-state index is -0.732. The van der Waals surface area contributed by atoms with Crippen molar-refractivity contribution >= 4 is 27.5 Å². The Bertz CT molecular complexity index is 1010. The average Bonchev–Trinajstić information content (AvgIpc) is 3.04. The van der Waals surface area contributed by atoms with Gasteiger partial charge in [-0.15, -0.1) is 0 Å². The Morgan fingerprint density at radius 3 is 2.62 bits per heavy atom. The highest BCUT2D eigenvalue weighted by molar-refractivity contribution is 9.10. The van der Waals surface area contributed by atoms with Gasteiger partial charge in [-0.3, -0.25) is 19.1 Å². The number of aromatic hydroxyl groups is 1. The first-order valence-electron chi connectivity index (χ1n) is 8.01. The molecule has 1 aliphatic rings. The number of benzene rings is 1.